The number of carbonyl (C=O) groups is 1. The third-order valence-corrected chi connectivity index (χ3v) is 5.89. The number of carbonyl (C=O) groups excluding carboxylic acids is 1. The lowest BCUT2D eigenvalue weighted by Crippen LogP contribution is -2.16. The molecule has 0 aliphatic rings. The number of ether oxygens (including phenoxy) is 2. The van der Waals surface area contributed by atoms with Gasteiger partial charge in [-0.25, -0.2) is 8.42 Å². The molecular formula is C19H24N2O5S2. The van der Waals surface area contributed by atoms with Crippen LogP contribution in [0.1, 0.15) is 13.8 Å². The third-order valence-electron chi connectivity index (χ3n) is 3.48. The van der Waals surface area contributed by atoms with Crippen LogP contribution in [0.3, 0.4) is 0 Å². The van der Waals surface area contributed by atoms with Crippen molar-refractivity contribution in [2.24, 2.45) is 0 Å². The van der Waals surface area contributed by atoms with Crippen LogP contribution in [-0.2, 0) is 10.0 Å². The molecule has 0 aliphatic carbocycles. The summed E-state index contributed by atoms with van der Waals surface area (Å²) in [7, 11) is -0.525. The highest BCUT2D eigenvalue weighted by molar-refractivity contribution is 8.13. The summed E-state index contributed by atoms with van der Waals surface area (Å²) in [6.45, 7) is 4.48. The van der Waals surface area contributed by atoms with E-state index in [1.165, 1.54) is 17.0 Å². The first-order valence-corrected chi connectivity index (χ1v) is 11.0. The number of nitrogens with zero attached hydrogens (tertiary/aromatic N) is 1. The van der Waals surface area contributed by atoms with Crippen LogP contribution < -0.4 is 14.2 Å². The molecule has 0 unspecified atom stereocenters. The lowest BCUT2D eigenvalue weighted by Gasteiger charge is -2.14. The van der Waals surface area contributed by atoms with Crippen molar-refractivity contribution < 1.29 is 22.7 Å². The summed E-state index contributed by atoms with van der Waals surface area (Å²) in [4.78, 5) is 14.0. The molecule has 0 spiro atoms. The van der Waals surface area contributed by atoms with Crippen molar-refractivity contribution in [2.75, 3.05) is 32.0 Å². The number of hydrogen-bond acceptors (Lipinski definition) is 6. The fourth-order valence-electron chi connectivity index (χ4n) is 2.23. The van der Waals surface area contributed by atoms with Gasteiger partial charge in [0.1, 0.15) is 0 Å². The van der Waals surface area contributed by atoms with Crippen LogP contribution in [0.2, 0.25) is 0 Å². The van der Waals surface area contributed by atoms with Gasteiger partial charge in [0.25, 0.3) is 15.3 Å². The predicted molar refractivity (Wildman–Crippen MR) is 111 cm³/mol. The summed E-state index contributed by atoms with van der Waals surface area (Å²) < 4.78 is 39.1. The second kappa shape index (κ2) is 9.70. The minimum absolute atomic E-state index is 0.0572. The van der Waals surface area contributed by atoms with Gasteiger partial charge >= 0.3 is 0 Å². The molecule has 0 saturated heterocycles. The monoisotopic (exact) mass is 424 g/mol. The van der Waals surface area contributed by atoms with E-state index < -0.39 is 10.0 Å². The van der Waals surface area contributed by atoms with Gasteiger partial charge in [0, 0.05) is 30.7 Å². The molecule has 0 radical (unpaired) electrons. The summed E-state index contributed by atoms with van der Waals surface area (Å²) >= 11 is 1.02. The molecule has 0 saturated carbocycles. The maximum Gasteiger partial charge on any atom is 0.285 e. The van der Waals surface area contributed by atoms with E-state index in [0.717, 1.165) is 11.8 Å². The maximum atomic E-state index is 12.8. The van der Waals surface area contributed by atoms with Gasteiger partial charge in [-0.1, -0.05) is 6.07 Å². The minimum atomic E-state index is -3.84. The van der Waals surface area contributed by atoms with Gasteiger partial charge in [-0.3, -0.25) is 9.52 Å². The van der Waals surface area contributed by atoms with Crippen LogP contribution in [0.4, 0.5) is 10.5 Å². The van der Waals surface area contributed by atoms with Crippen LogP contribution in [0.15, 0.2) is 52.3 Å². The lowest BCUT2D eigenvalue weighted by atomic mass is 10.3. The Hall–Kier alpha value is -2.39. The zero-order valence-corrected chi connectivity index (χ0v) is 17.9. The van der Waals surface area contributed by atoms with E-state index in [9.17, 15) is 13.2 Å². The van der Waals surface area contributed by atoms with E-state index in [4.69, 9.17) is 9.47 Å². The number of amides is 1. The molecule has 2 aromatic carbocycles. The summed E-state index contributed by atoms with van der Waals surface area (Å²) in [5, 5.41) is -0.145. The smallest absolute Gasteiger partial charge is 0.285 e. The Morgan fingerprint density at radius 2 is 1.71 bits per heavy atom. The summed E-state index contributed by atoms with van der Waals surface area (Å²) in [6.07, 6.45) is 0. The Morgan fingerprint density at radius 3 is 2.36 bits per heavy atom. The van der Waals surface area contributed by atoms with Gasteiger partial charge in [-0.2, -0.15) is 0 Å². The Kier molecular flexibility index (Phi) is 7.59. The first-order valence-electron chi connectivity index (χ1n) is 8.68. The topological polar surface area (TPSA) is 84.9 Å². The highest BCUT2D eigenvalue weighted by atomic mass is 32.2. The van der Waals surface area contributed by atoms with E-state index in [-0.39, 0.29) is 10.1 Å². The van der Waals surface area contributed by atoms with Gasteiger partial charge in [0.15, 0.2) is 11.5 Å². The fourth-order valence-corrected chi connectivity index (χ4v) is 4.01. The molecule has 2 rings (SSSR count). The van der Waals surface area contributed by atoms with Crippen molar-refractivity contribution in [1.29, 1.82) is 0 Å². The lowest BCUT2D eigenvalue weighted by molar-refractivity contribution is 0.241. The van der Waals surface area contributed by atoms with Crippen LogP contribution >= 0.6 is 11.8 Å². The van der Waals surface area contributed by atoms with Crippen molar-refractivity contribution in [2.45, 2.75) is 23.6 Å². The summed E-state index contributed by atoms with van der Waals surface area (Å²) in [6, 6.07) is 11.1. The van der Waals surface area contributed by atoms with E-state index in [1.807, 2.05) is 13.8 Å². The van der Waals surface area contributed by atoms with Crippen LogP contribution in [-0.4, -0.2) is 45.9 Å². The molecule has 0 atom stereocenters. The molecule has 1 amide bonds. The first-order chi connectivity index (χ1) is 13.3. The van der Waals surface area contributed by atoms with Crippen molar-refractivity contribution in [3.63, 3.8) is 0 Å². The zero-order chi connectivity index (χ0) is 20.7. The first kappa shape index (κ1) is 21.9. The van der Waals surface area contributed by atoms with Gasteiger partial charge in [0.2, 0.25) is 0 Å². The fraction of sp³-hybridized carbons (Fsp3) is 0.316. The van der Waals surface area contributed by atoms with Crippen molar-refractivity contribution in [3.8, 4) is 11.5 Å². The van der Waals surface area contributed by atoms with Crippen LogP contribution in [0.5, 0.6) is 11.5 Å². The van der Waals surface area contributed by atoms with Crippen molar-refractivity contribution in [1.82, 2.24) is 4.90 Å². The zero-order valence-electron chi connectivity index (χ0n) is 16.3. The molecule has 0 fully saturated rings. The number of sulfonamides is 1. The van der Waals surface area contributed by atoms with E-state index in [2.05, 4.69) is 4.72 Å². The number of nitrogens with one attached hydrogen (secondary N) is 1. The second-order valence-electron chi connectivity index (χ2n) is 5.87. The number of thioether (sulfide) groups is 1. The SMILES string of the molecule is CCOc1ccc(S(=O)(=O)Nc2cccc(SC(=O)N(C)C)c2)cc1OCC. The molecule has 7 nitrogen and oxygen atoms in total. The molecule has 2 aromatic rings. The van der Waals surface area contributed by atoms with Crippen LogP contribution in [0, 0.1) is 0 Å². The Bertz CT molecular complexity index is 930. The summed E-state index contributed by atoms with van der Waals surface area (Å²) in [5.41, 5.74) is 0.364. The normalized spacial score (nSPS) is 11.0. The quantitative estimate of drug-likeness (QED) is 0.644. The standard InChI is InChI=1S/C19H24N2O5S2/c1-5-25-17-11-10-16(13-18(17)26-6-2)28(23,24)20-14-8-7-9-15(12-14)27-19(22)21(3)4/h7-13,20H,5-6H2,1-4H3. The van der Waals surface area contributed by atoms with Crippen molar-refractivity contribution in [3.05, 3.63) is 42.5 Å². The van der Waals surface area contributed by atoms with E-state index in [1.54, 1.807) is 44.4 Å². The highest BCUT2D eigenvalue weighted by Gasteiger charge is 2.18. The van der Waals surface area contributed by atoms with Crippen LogP contribution in [0.25, 0.3) is 0 Å². The number of benzene rings is 2. The molecule has 152 valence electrons. The molecule has 1 N–H and O–H groups in total. The van der Waals surface area contributed by atoms with Gasteiger partial charge in [-0.15, -0.1) is 0 Å². The Balaban J connectivity index is 2.26. The van der Waals surface area contributed by atoms with E-state index in [0.29, 0.717) is 35.3 Å². The molecule has 9 heteroatoms. The Morgan fingerprint density at radius 1 is 1.04 bits per heavy atom. The molecule has 0 aliphatic heterocycles. The highest BCUT2D eigenvalue weighted by Crippen LogP contribution is 2.31. The molecule has 0 bridgehead atoms. The van der Waals surface area contributed by atoms with Gasteiger partial charge in [0.05, 0.1) is 18.1 Å². The molecule has 0 aromatic heterocycles. The number of anilines is 1. The predicted octanol–water partition coefficient (Wildman–Crippen LogP) is 4.06. The molecule has 0 heterocycles. The third kappa shape index (κ3) is 5.80. The molecule has 28 heavy (non-hydrogen) atoms. The van der Waals surface area contributed by atoms with Gasteiger partial charge in [-0.05, 0) is 55.9 Å². The number of hydrogen-bond donors (Lipinski definition) is 1. The maximum absolute atomic E-state index is 12.8. The second-order valence-corrected chi connectivity index (χ2v) is 8.58. The average molecular weight is 425 g/mol. The molecular weight excluding hydrogens is 400 g/mol. The minimum Gasteiger partial charge on any atom is -0.490 e. The van der Waals surface area contributed by atoms with Gasteiger partial charge < -0.3 is 14.4 Å². The van der Waals surface area contributed by atoms with Crippen molar-refractivity contribution >= 4 is 32.7 Å². The van der Waals surface area contributed by atoms with E-state index >= 15 is 0 Å². The average Bonchev–Trinajstić information content (AvgIpc) is 2.63. The number of rotatable bonds is 8. The largest absolute Gasteiger partial charge is 0.490 e. The summed E-state index contributed by atoms with van der Waals surface area (Å²) in [5.74, 6) is 0.858. The Labute approximate surface area is 170 Å².